The van der Waals surface area contributed by atoms with E-state index in [0.29, 0.717) is 35.3 Å². The molecule has 1 fully saturated rings. The Balaban J connectivity index is 1.76. The lowest BCUT2D eigenvalue weighted by Gasteiger charge is -2.33. The Morgan fingerprint density at radius 2 is 1.69 bits per heavy atom. The zero-order chi connectivity index (χ0) is 26.3. The van der Waals surface area contributed by atoms with Crippen molar-refractivity contribution in [2.24, 2.45) is 0 Å². The van der Waals surface area contributed by atoms with Crippen LogP contribution in [-0.2, 0) is 25.6 Å². The monoisotopic (exact) mass is 530 g/mol. The van der Waals surface area contributed by atoms with Crippen molar-refractivity contribution >= 4 is 27.3 Å². The molecular formula is C27H35ClN4O3S. The van der Waals surface area contributed by atoms with Crippen LogP contribution in [0.25, 0.3) is 11.4 Å². The Morgan fingerprint density at radius 3 is 2.28 bits per heavy atom. The van der Waals surface area contributed by atoms with E-state index in [0.717, 1.165) is 24.2 Å². The van der Waals surface area contributed by atoms with Crippen molar-refractivity contribution in [1.29, 1.82) is 0 Å². The van der Waals surface area contributed by atoms with Gasteiger partial charge in [-0.25, -0.2) is 8.42 Å². The fourth-order valence-electron chi connectivity index (χ4n) is 4.55. The SMILES string of the molecule is CC(C)n1c(-c2cc(Cl)ccc2NS(=O)(=O)c2ccc(C(C)(C)C)cc2)nnc1C1(C)CCOCC1. The van der Waals surface area contributed by atoms with Gasteiger partial charge in [0.15, 0.2) is 5.82 Å². The molecule has 0 saturated carbocycles. The summed E-state index contributed by atoms with van der Waals surface area (Å²) < 4.78 is 37.1. The van der Waals surface area contributed by atoms with Crippen molar-refractivity contribution in [3.63, 3.8) is 0 Å². The van der Waals surface area contributed by atoms with E-state index in [2.05, 4.69) is 61.0 Å². The topological polar surface area (TPSA) is 86.1 Å². The van der Waals surface area contributed by atoms with Gasteiger partial charge in [0.25, 0.3) is 10.0 Å². The van der Waals surface area contributed by atoms with Crippen molar-refractivity contribution in [2.45, 2.75) is 76.2 Å². The van der Waals surface area contributed by atoms with Crippen LogP contribution in [0.2, 0.25) is 5.02 Å². The third-order valence-electron chi connectivity index (χ3n) is 6.85. The molecule has 1 N–H and O–H groups in total. The molecule has 0 aliphatic carbocycles. The van der Waals surface area contributed by atoms with Gasteiger partial charge in [0, 0.05) is 35.3 Å². The molecule has 0 amide bonds. The van der Waals surface area contributed by atoms with Crippen LogP contribution in [0.5, 0.6) is 0 Å². The Kier molecular flexibility index (Phi) is 7.25. The highest BCUT2D eigenvalue weighted by Crippen LogP contribution is 2.39. The van der Waals surface area contributed by atoms with Crippen LogP contribution in [-0.4, -0.2) is 36.4 Å². The summed E-state index contributed by atoms with van der Waals surface area (Å²) in [6.07, 6.45) is 1.69. The third kappa shape index (κ3) is 5.31. The van der Waals surface area contributed by atoms with Crippen LogP contribution in [0.15, 0.2) is 47.4 Å². The van der Waals surface area contributed by atoms with Gasteiger partial charge in [0.05, 0.1) is 10.6 Å². The predicted molar refractivity (Wildman–Crippen MR) is 144 cm³/mol. The van der Waals surface area contributed by atoms with Crippen molar-refractivity contribution in [3.8, 4) is 11.4 Å². The molecule has 2 aromatic carbocycles. The number of nitrogens with zero attached hydrogens (tertiary/aromatic N) is 3. The average Bonchev–Trinajstić information content (AvgIpc) is 3.27. The summed E-state index contributed by atoms with van der Waals surface area (Å²) in [6, 6.07) is 12.1. The molecule has 0 radical (unpaired) electrons. The van der Waals surface area contributed by atoms with Crippen LogP contribution in [0.4, 0.5) is 5.69 Å². The van der Waals surface area contributed by atoms with Gasteiger partial charge in [-0.1, -0.05) is 51.4 Å². The van der Waals surface area contributed by atoms with Crippen LogP contribution in [0, 0.1) is 0 Å². The van der Waals surface area contributed by atoms with E-state index < -0.39 is 10.0 Å². The highest BCUT2D eigenvalue weighted by atomic mass is 35.5. The smallest absolute Gasteiger partial charge is 0.261 e. The standard InChI is InChI=1S/C27H35ClN4O3S/c1-18(2)32-24(29-30-25(32)27(6)13-15-35-16-14-27)22-17-20(28)9-12-23(22)31-36(33,34)21-10-7-19(8-11-21)26(3,4)5/h7-12,17-18,31H,13-16H2,1-6H3. The lowest BCUT2D eigenvalue weighted by atomic mass is 9.81. The molecule has 1 aromatic heterocycles. The lowest BCUT2D eigenvalue weighted by molar-refractivity contribution is 0.0519. The number of sulfonamides is 1. The average molecular weight is 531 g/mol. The van der Waals surface area contributed by atoms with E-state index in [1.807, 2.05) is 12.1 Å². The van der Waals surface area contributed by atoms with Gasteiger partial charge < -0.3 is 9.30 Å². The number of ether oxygens (including phenoxy) is 1. The van der Waals surface area contributed by atoms with Crippen LogP contribution in [0.3, 0.4) is 0 Å². The maximum absolute atomic E-state index is 13.4. The summed E-state index contributed by atoms with van der Waals surface area (Å²) in [6.45, 7) is 14.0. The molecule has 0 spiro atoms. The maximum atomic E-state index is 13.4. The number of hydrogen-bond acceptors (Lipinski definition) is 5. The highest BCUT2D eigenvalue weighted by Gasteiger charge is 2.36. The molecule has 0 bridgehead atoms. The number of benzene rings is 2. The van der Waals surface area contributed by atoms with E-state index >= 15 is 0 Å². The van der Waals surface area contributed by atoms with E-state index in [9.17, 15) is 8.42 Å². The molecule has 1 saturated heterocycles. The van der Waals surface area contributed by atoms with Crippen molar-refractivity contribution < 1.29 is 13.2 Å². The summed E-state index contributed by atoms with van der Waals surface area (Å²) in [4.78, 5) is 0.192. The van der Waals surface area contributed by atoms with Crippen LogP contribution >= 0.6 is 11.6 Å². The minimum Gasteiger partial charge on any atom is -0.381 e. The Bertz CT molecular complexity index is 1340. The van der Waals surface area contributed by atoms with E-state index in [-0.39, 0.29) is 21.8 Å². The van der Waals surface area contributed by atoms with Gasteiger partial charge in [-0.3, -0.25) is 4.72 Å². The van der Waals surface area contributed by atoms with Gasteiger partial charge in [-0.2, -0.15) is 0 Å². The highest BCUT2D eigenvalue weighted by molar-refractivity contribution is 7.92. The largest absolute Gasteiger partial charge is 0.381 e. The summed E-state index contributed by atoms with van der Waals surface area (Å²) in [5, 5.41) is 9.64. The first-order valence-corrected chi connectivity index (χ1v) is 14.1. The van der Waals surface area contributed by atoms with Crippen molar-refractivity contribution in [3.05, 3.63) is 58.9 Å². The maximum Gasteiger partial charge on any atom is 0.261 e. The first-order chi connectivity index (χ1) is 16.8. The molecular weight excluding hydrogens is 496 g/mol. The number of aromatic nitrogens is 3. The zero-order valence-electron chi connectivity index (χ0n) is 21.8. The number of halogens is 1. The molecule has 9 heteroatoms. The molecule has 1 aliphatic heterocycles. The summed E-state index contributed by atoms with van der Waals surface area (Å²) in [5.74, 6) is 1.46. The summed E-state index contributed by atoms with van der Waals surface area (Å²) >= 11 is 6.38. The molecule has 3 aromatic rings. The Morgan fingerprint density at radius 1 is 1.06 bits per heavy atom. The third-order valence-corrected chi connectivity index (χ3v) is 8.46. The van der Waals surface area contributed by atoms with Gasteiger partial charge in [0.2, 0.25) is 0 Å². The first kappa shape index (κ1) is 26.6. The molecule has 7 nitrogen and oxygen atoms in total. The van der Waals surface area contributed by atoms with Gasteiger partial charge >= 0.3 is 0 Å². The Hall–Kier alpha value is -2.42. The van der Waals surface area contributed by atoms with Crippen LogP contribution in [0.1, 0.15) is 71.8 Å². The lowest BCUT2D eigenvalue weighted by Crippen LogP contribution is -2.34. The fourth-order valence-corrected chi connectivity index (χ4v) is 5.80. The second-order valence-corrected chi connectivity index (χ2v) is 13.2. The predicted octanol–water partition coefficient (Wildman–Crippen LogP) is 6.35. The van der Waals surface area contributed by atoms with Gasteiger partial charge in [-0.05, 0) is 68.0 Å². The second kappa shape index (κ2) is 9.80. The van der Waals surface area contributed by atoms with Crippen molar-refractivity contribution in [2.75, 3.05) is 17.9 Å². The molecule has 0 unspecified atom stereocenters. The van der Waals surface area contributed by atoms with E-state index in [1.165, 1.54) is 0 Å². The van der Waals surface area contributed by atoms with Gasteiger partial charge in [0.1, 0.15) is 5.82 Å². The first-order valence-electron chi connectivity index (χ1n) is 12.3. The molecule has 2 heterocycles. The van der Waals surface area contributed by atoms with Gasteiger partial charge in [-0.15, -0.1) is 10.2 Å². The summed E-state index contributed by atoms with van der Waals surface area (Å²) in [7, 11) is -3.84. The fraction of sp³-hybridized carbons (Fsp3) is 0.481. The summed E-state index contributed by atoms with van der Waals surface area (Å²) in [5.41, 5.74) is 1.80. The minimum atomic E-state index is -3.84. The second-order valence-electron chi connectivity index (χ2n) is 11.1. The van der Waals surface area contributed by atoms with Crippen molar-refractivity contribution in [1.82, 2.24) is 14.8 Å². The number of nitrogens with one attached hydrogen (secondary N) is 1. The minimum absolute atomic E-state index is 0.0538. The molecule has 1 aliphatic rings. The molecule has 4 rings (SSSR count). The number of rotatable bonds is 6. The zero-order valence-corrected chi connectivity index (χ0v) is 23.4. The van der Waals surface area contributed by atoms with Crippen LogP contribution < -0.4 is 4.72 Å². The molecule has 194 valence electrons. The normalized spacial score (nSPS) is 16.3. The molecule has 36 heavy (non-hydrogen) atoms. The van der Waals surface area contributed by atoms with E-state index in [4.69, 9.17) is 16.3 Å². The van der Waals surface area contributed by atoms with E-state index in [1.54, 1.807) is 30.3 Å². The quantitative estimate of drug-likeness (QED) is 0.401. The number of anilines is 1. The Labute approximate surface area is 219 Å². The molecule has 0 atom stereocenters. The number of hydrogen-bond donors (Lipinski definition) is 1.